The fourth-order valence-electron chi connectivity index (χ4n) is 7.10. The molecule has 0 bridgehead atoms. The van der Waals surface area contributed by atoms with Crippen LogP contribution >= 0.6 is 0 Å². The third kappa shape index (κ3) is 3.17. The van der Waals surface area contributed by atoms with Crippen LogP contribution in [0.2, 0.25) is 0 Å². The molecule has 7 nitrogen and oxygen atoms in total. The third-order valence-electron chi connectivity index (χ3n) is 9.05. The number of Topliss-reactive ketones (excluding diaryl/α,β-unsaturated/α-hetero) is 3. The van der Waals surface area contributed by atoms with Crippen molar-refractivity contribution in [3.05, 3.63) is 51.5 Å². The van der Waals surface area contributed by atoms with Gasteiger partial charge in [-0.05, 0) is 48.1 Å². The fourth-order valence-corrected chi connectivity index (χ4v) is 7.10. The van der Waals surface area contributed by atoms with Gasteiger partial charge >= 0.3 is 0 Å². The Morgan fingerprint density at radius 2 is 1.69 bits per heavy atom. The van der Waals surface area contributed by atoms with Gasteiger partial charge in [0.25, 0.3) is 0 Å². The highest BCUT2D eigenvalue weighted by Gasteiger charge is 2.66. The van der Waals surface area contributed by atoms with Crippen molar-refractivity contribution in [3.8, 4) is 5.75 Å². The van der Waals surface area contributed by atoms with Crippen molar-refractivity contribution >= 4 is 17.3 Å². The van der Waals surface area contributed by atoms with E-state index in [0.717, 1.165) is 13.3 Å². The normalized spacial score (nSPS) is 32.9. The van der Waals surface area contributed by atoms with E-state index in [9.17, 15) is 34.8 Å². The van der Waals surface area contributed by atoms with Gasteiger partial charge in [0.15, 0.2) is 17.2 Å². The Morgan fingerprint density at radius 3 is 2.22 bits per heavy atom. The molecule has 0 fully saturated rings. The van der Waals surface area contributed by atoms with Gasteiger partial charge in [0.05, 0.1) is 5.56 Å². The molecule has 0 radical (unpaired) electrons. The first-order valence-corrected chi connectivity index (χ1v) is 12.8. The molecule has 0 amide bonds. The molecule has 0 heterocycles. The number of hydrogen-bond donors (Lipinski definition) is 4. The number of hydrogen-bond acceptors (Lipinski definition) is 7. The molecule has 0 spiro atoms. The number of phenols is 1. The number of phenolic OH excluding ortho intramolecular Hbond substituents is 1. The smallest absolute Gasteiger partial charge is 0.209 e. The van der Waals surface area contributed by atoms with Gasteiger partial charge in [-0.3, -0.25) is 14.4 Å². The lowest BCUT2D eigenvalue weighted by atomic mass is 9.50. The Kier molecular flexibility index (Phi) is 6.23. The van der Waals surface area contributed by atoms with Gasteiger partial charge in [0.2, 0.25) is 5.78 Å². The summed E-state index contributed by atoms with van der Waals surface area (Å²) < 4.78 is 0. The minimum atomic E-state index is -2.54. The lowest BCUT2D eigenvalue weighted by Gasteiger charge is -2.54. The first-order valence-electron chi connectivity index (χ1n) is 12.8. The molecule has 194 valence electrons. The van der Waals surface area contributed by atoms with Crippen molar-refractivity contribution in [1.29, 1.82) is 0 Å². The number of aromatic hydroxyl groups is 1. The highest BCUT2D eigenvalue weighted by Crippen LogP contribution is 2.60. The van der Waals surface area contributed by atoms with Crippen LogP contribution in [0.15, 0.2) is 34.8 Å². The minimum Gasteiger partial charge on any atom is -0.511 e. The van der Waals surface area contributed by atoms with Gasteiger partial charge in [-0.15, -0.1) is 0 Å². The van der Waals surface area contributed by atoms with Gasteiger partial charge < -0.3 is 20.4 Å². The van der Waals surface area contributed by atoms with Crippen LogP contribution in [0.1, 0.15) is 88.2 Å². The average Bonchev–Trinajstić information content (AvgIpc) is 2.80. The molecule has 3 aliphatic rings. The fraction of sp³-hybridized carbons (Fsp3) is 0.552. The quantitative estimate of drug-likeness (QED) is 0.437. The predicted molar refractivity (Wildman–Crippen MR) is 134 cm³/mol. The number of rotatable bonds is 4. The van der Waals surface area contributed by atoms with E-state index in [1.54, 1.807) is 0 Å². The van der Waals surface area contributed by atoms with E-state index in [-0.39, 0.29) is 40.4 Å². The second-order valence-electron chi connectivity index (χ2n) is 11.2. The van der Waals surface area contributed by atoms with Crippen molar-refractivity contribution in [1.82, 2.24) is 0 Å². The topological polar surface area (TPSA) is 132 Å². The van der Waals surface area contributed by atoms with E-state index < -0.39 is 58.0 Å². The molecular weight excluding hydrogens is 460 g/mol. The molecule has 3 aliphatic carbocycles. The summed E-state index contributed by atoms with van der Waals surface area (Å²) in [5.41, 5.74) is -1.82. The largest absolute Gasteiger partial charge is 0.511 e. The molecule has 0 saturated heterocycles. The van der Waals surface area contributed by atoms with Gasteiger partial charge in [-0.1, -0.05) is 53.7 Å². The summed E-state index contributed by atoms with van der Waals surface area (Å²) in [5.74, 6) is -7.13. The van der Waals surface area contributed by atoms with E-state index >= 15 is 0 Å². The Labute approximate surface area is 211 Å². The molecule has 7 atom stereocenters. The summed E-state index contributed by atoms with van der Waals surface area (Å²) in [5, 5.41) is 45.7. The maximum Gasteiger partial charge on any atom is 0.209 e. The van der Waals surface area contributed by atoms with Crippen molar-refractivity contribution in [2.75, 3.05) is 0 Å². The van der Waals surface area contributed by atoms with Crippen LogP contribution in [0.4, 0.5) is 0 Å². The highest BCUT2D eigenvalue weighted by atomic mass is 16.3. The molecule has 4 N–H and O–H groups in total. The van der Waals surface area contributed by atoms with Crippen LogP contribution in [0.5, 0.6) is 5.75 Å². The maximum absolute atomic E-state index is 13.9. The Bertz CT molecular complexity index is 1240. The maximum atomic E-state index is 13.9. The summed E-state index contributed by atoms with van der Waals surface area (Å²) in [4.78, 5) is 39.9. The van der Waals surface area contributed by atoms with Gasteiger partial charge in [0.1, 0.15) is 22.8 Å². The molecule has 4 unspecified atom stereocenters. The van der Waals surface area contributed by atoms with Crippen LogP contribution in [0.3, 0.4) is 0 Å². The lowest BCUT2D eigenvalue weighted by molar-refractivity contribution is -0.154. The third-order valence-corrected chi connectivity index (χ3v) is 9.05. The summed E-state index contributed by atoms with van der Waals surface area (Å²) in [7, 11) is 0. The number of fused-ring (bicyclic) bond motifs is 3. The van der Waals surface area contributed by atoms with Crippen LogP contribution in [-0.4, -0.2) is 43.4 Å². The first kappa shape index (κ1) is 26.1. The van der Waals surface area contributed by atoms with Crippen molar-refractivity contribution in [2.45, 2.75) is 72.3 Å². The predicted octanol–water partition coefficient (Wildman–Crippen LogP) is 4.89. The summed E-state index contributed by atoms with van der Waals surface area (Å²) >= 11 is 0. The molecule has 4 rings (SSSR count). The van der Waals surface area contributed by atoms with Gasteiger partial charge in [-0.25, -0.2) is 0 Å². The molecule has 1 aromatic rings. The van der Waals surface area contributed by atoms with E-state index in [0.29, 0.717) is 11.1 Å². The Balaban J connectivity index is 2.03. The number of aliphatic hydroxyl groups excluding tert-OH is 2. The summed E-state index contributed by atoms with van der Waals surface area (Å²) in [6, 6.07) is 3.68. The molecule has 0 aliphatic heterocycles. The van der Waals surface area contributed by atoms with Crippen LogP contribution in [0.25, 0.3) is 0 Å². The Hall–Kier alpha value is -2.93. The zero-order valence-corrected chi connectivity index (χ0v) is 21.9. The minimum absolute atomic E-state index is 0.00416. The number of carbonyl (C=O) groups is 3. The first-order chi connectivity index (χ1) is 16.7. The van der Waals surface area contributed by atoms with Crippen molar-refractivity contribution < 1.29 is 34.8 Å². The lowest BCUT2D eigenvalue weighted by Crippen LogP contribution is -2.63. The molecular formula is C29H36O7. The van der Waals surface area contributed by atoms with Gasteiger partial charge in [0, 0.05) is 23.3 Å². The number of carbonyl (C=O) groups excluding carboxylic acids is 3. The summed E-state index contributed by atoms with van der Waals surface area (Å²) in [6.07, 6.45) is 0.750. The standard InChI is InChI=1S/C29H36O7/c1-8-12(4)16-9-10-17-13(5)19-14(6)23-18(11(2)3)25(32)20(15(7)30)27(34)29(23,36)28(35)22(19)26(33)21(17)24(16)31/h9-14,18-19,23,31-32,35-36H,8H2,1-7H3/t12?,13-,14-,18?,19?,23?,29+/m1/s1. The second kappa shape index (κ2) is 8.58. The second-order valence-corrected chi connectivity index (χ2v) is 11.2. The van der Waals surface area contributed by atoms with Crippen molar-refractivity contribution in [3.63, 3.8) is 0 Å². The van der Waals surface area contributed by atoms with E-state index in [4.69, 9.17) is 0 Å². The molecule has 0 saturated carbocycles. The molecule has 0 aromatic heterocycles. The van der Waals surface area contributed by atoms with E-state index in [2.05, 4.69) is 0 Å². The highest BCUT2D eigenvalue weighted by molar-refractivity contribution is 6.25. The number of benzene rings is 1. The Morgan fingerprint density at radius 1 is 1.08 bits per heavy atom. The van der Waals surface area contributed by atoms with Crippen LogP contribution < -0.4 is 0 Å². The summed E-state index contributed by atoms with van der Waals surface area (Å²) in [6.45, 7) is 12.4. The molecule has 7 heteroatoms. The number of aliphatic hydroxyl groups is 3. The SMILES string of the molecule is CCC(C)c1ccc2c(c1O)C(=O)C1=C(O)[C@@]3(O)C(=O)C(C(C)=O)=C(O)C(C(C)C)C3[C@H](C)C1[C@@H]2C. The average molecular weight is 497 g/mol. The zero-order valence-electron chi connectivity index (χ0n) is 21.9. The van der Waals surface area contributed by atoms with Gasteiger partial charge in [-0.2, -0.15) is 0 Å². The van der Waals surface area contributed by atoms with Crippen LogP contribution in [-0.2, 0) is 9.59 Å². The van der Waals surface area contributed by atoms with E-state index in [1.807, 2.05) is 53.7 Å². The van der Waals surface area contributed by atoms with E-state index in [1.165, 1.54) is 0 Å². The monoisotopic (exact) mass is 496 g/mol. The van der Waals surface area contributed by atoms with Crippen molar-refractivity contribution in [2.24, 2.45) is 29.6 Å². The molecule has 36 heavy (non-hydrogen) atoms. The zero-order chi connectivity index (χ0) is 27.0. The van der Waals surface area contributed by atoms with Crippen LogP contribution in [0, 0.1) is 29.6 Å². The molecule has 1 aromatic carbocycles. The number of allylic oxidation sites excluding steroid dienone is 2. The number of ketones is 3.